The summed E-state index contributed by atoms with van der Waals surface area (Å²) in [6.45, 7) is 25.7. The third-order valence-electron chi connectivity index (χ3n) is 13.3. The van der Waals surface area contributed by atoms with Crippen LogP contribution in [-0.2, 0) is 56.3 Å². The van der Waals surface area contributed by atoms with Gasteiger partial charge in [-0.15, -0.1) is 0 Å². The predicted octanol–water partition coefficient (Wildman–Crippen LogP) is 7.84. The first kappa shape index (κ1) is 54.9. The number of rotatable bonds is 28. The van der Waals surface area contributed by atoms with Crippen molar-refractivity contribution in [1.82, 2.24) is 0 Å². The van der Waals surface area contributed by atoms with Gasteiger partial charge in [0.25, 0.3) is 0 Å². The summed E-state index contributed by atoms with van der Waals surface area (Å²) in [7, 11) is 4.72. The van der Waals surface area contributed by atoms with E-state index in [4.69, 9.17) is 46.7 Å². The maximum atomic E-state index is 13.7. The molecule has 0 unspecified atom stereocenters. The molecule has 0 saturated carbocycles. The second-order valence-corrected chi connectivity index (χ2v) is 27.5. The molecule has 1 rings (SSSR count). The molecule has 58 heavy (non-hydrogen) atoms. The number of aliphatic hydroxyl groups is 1. The van der Waals surface area contributed by atoms with Gasteiger partial charge >= 0.3 is 5.97 Å². The smallest absolute Gasteiger partial charge is 0.337 e. The van der Waals surface area contributed by atoms with E-state index in [2.05, 4.69) is 61.6 Å². The summed E-state index contributed by atoms with van der Waals surface area (Å²) in [6.07, 6.45) is -1.78. The first-order valence-electron chi connectivity index (χ1n) is 21.2. The van der Waals surface area contributed by atoms with Crippen molar-refractivity contribution in [2.75, 3.05) is 56.1 Å². The van der Waals surface area contributed by atoms with Gasteiger partial charge in [-0.1, -0.05) is 68.4 Å². The summed E-state index contributed by atoms with van der Waals surface area (Å²) >= 11 is 0. The molecular formula is C43H84O13Si2. The van der Waals surface area contributed by atoms with Crippen LogP contribution in [0.25, 0.3) is 0 Å². The van der Waals surface area contributed by atoms with Crippen molar-refractivity contribution in [2.24, 2.45) is 11.3 Å². The Morgan fingerprint density at radius 1 is 0.948 bits per heavy atom. The molecule has 13 nitrogen and oxygen atoms in total. The Balaban J connectivity index is 3.61. The van der Waals surface area contributed by atoms with E-state index in [1.807, 2.05) is 26.8 Å². The summed E-state index contributed by atoms with van der Waals surface area (Å²) in [4.78, 5) is 26.6. The second-order valence-electron chi connectivity index (χ2n) is 18.0. The summed E-state index contributed by atoms with van der Waals surface area (Å²) < 4.78 is 61.1. The molecule has 0 aromatic carbocycles. The molecule has 0 aromatic heterocycles. The van der Waals surface area contributed by atoms with Gasteiger partial charge in [-0.05, 0) is 61.1 Å². The fourth-order valence-electron chi connectivity index (χ4n) is 7.58. The highest BCUT2D eigenvalue weighted by atomic mass is 28.4. The second kappa shape index (κ2) is 24.5. The van der Waals surface area contributed by atoms with Gasteiger partial charge in [0.1, 0.15) is 12.9 Å². The molecule has 1 heterocycles. The van der Waals surface area contributed by atoms with Gasteiger partial charge in [-0.2, -0.15) is 0 Å². The predicted molar refractivity (Wildman–Crippen MR) is 232 cm³/mol. The third-order valence-corrected chi connectivity index (χ3v) is 22.4. The number of aliphatic hydroxyl groups excluding tert-OH is 1. The molecular weight excluding hydrogens is 781 g/mol. The normalized spacial score (nSPS) is 23.9. The lowest BCUT2D eigenvalue weighted by Crippen LogP contribution is -2.71. The zero-order valence-electron chi connectivity index (χ0n) is 39.6. The van der Waals surface area contributed by atoms with Crippen LogP contribution in [0, 0.1) is 11.3 Å². The topological polar surface area (TPSA) is 147 Å². The molecule has 1 aliphatic heterocycles. The van der Waals surface area contributed by atoms with E-state index in [0.29, 0.717) is 18.6 Å². The summed E-state index contributed by atoms with van der Waals surface area (Å²) in [5, 5.41) is 12.4. The van der Waals surface area contributed by atoms with Crippen molar-refractivity contribution in [3.8, 4) is 0 Å². The molecule has 342 valence electrons. The zero-order chi connectivity index (χ0) is 44.7. The molecule has 1 aliphatic rings. The highest BCUT2D eigenvalue weighted by Gasteiger charge is 2.64. The number of esters is 1. The Hall–Kier alpha value is -1.09. The van der Waals surface area contributed by atoms with Crippen LogP contribution in [0.4, 0.5) is 0 Å². The van der Waals surface area contributed by atoms with Crippen LogP contribution in [0.5, 0.6) is 0 Å². The average molecular weight is 865 g/mol. The van der Waals surface area contributed by atoms with E-state index in [1.54, 1.807) is 21.3 Å². The maximum absolute atomic E-state index is 13.7. The highest BCUT2D eigenvalue weighted by Crippen LogP contribution is 2.50. The average Bonchev–Trinajstić information content (AvgIpc) is 3.19. The maximum Gasteiger partial charge on any atom is 0.337 e. The van der Waals surface area contributed by atoms with Gasteiger partial charge in [0.05, 0.1) is 37.6 Å². The summed E-state index contributed by atoms with van der Waals surface area (Å²) in [6, 6.07) is 2.60. The molecule has 1 saturated heterocycles. The summed E-state index contributed by atoms with van der Waals surface area (Å²) in [5.74, 6) is -2.12. The number of carbonyl (C=O) groups excluding carboxylic acids is 2. The number of allylic oxidation sites excluding steroid dienone is 1. The summed E-state index contributed by atoms with van der Waals surface area (Å²) in [5.41, 5.74) is -0.509. The molecule has 0 spiro atoms. The van der Waals surface area contributed by atoms with Crippen LogP contribution in [-0.4, -0.2) is 138 Å². The Kier molecular flexibility index (Phi) is 23.2. The Labute approximate surface area is 354 Å². The zero-order valence-corrected chi connectivity index (χ0v) is 41.6. The lowest BCUT2D eigenvalue weighted by atomic mass is 9.70. The lowest BCUT2D eigenvalue weighted by molar-refractivity contribution is -0.384. The molecule has 9 atom stereocenters. The fourth-order valence-corrected chi connectivity index (χ4v) is 11.5. The minimum atomic E-state index is -2.34. The Morgan fingerprint density at radius 3 is 2.00 bits per heavy atom. The van der Waals surface area contributed by atoms with Crippen molar-refractivity contribution < 1.29 is 61.4 Å². The number of carbonyl (C=O) groups is 2. The number of methoxy groups -OCH3 is 6. The Morgan fingerprint density at radius 2 is 1.55 bits per heavy atom. The van der Waals surface area contributed by atoms with E-state index < -0.39 is 76.5 Å². The molecule has 0 radical (unpaired) electrons. The molecule has 0 bridgehead atoms. The minimum Gasteiger partial charge on any atom is -0.467 e. The van der Waals surface area contributed by atoms with Crippen LogP contribution in [0.2, 0.25) is 36.3 Å². The van der Waals surface area contributed by atoms with Gasteiger partial charge in [-0.3, -0.25) is 4.79 Å². The number of hydrogen-bond donors (Lipinski definition) is 1. The van der Waals surface area contributed by atoms with Crippen LogP contribution in [0.15, 0.2) is 11.6 Å². The highest BCUT2D eigenvalue weighted by molar-refractivity contribution is 6.74. The largest absolute Gasteiger partial charge is 0.467 e. The van der Waals surface area contributed by atoms with Crippen molar-refractivity contribution >= 4 is 28.4 Å². The van der Waals surface area contributed by atoms with E-state index in [1.165, 1.54) is 21.3 Å². The number of hydrogen-bond acceptors (Lipinski definition) is 13. The number of ether oxygens (including phenoxy) is 8. The monoisotopic (exact) mass is 865 g/mol. The lowest BCUT2D eigenvalue weighted by Gasteiger charge is -2.58. The number of Topliss-reactive ketones (excluding diaryl/α,β-unsaturated/α-hetero) is 1. The minimum absolute atomic E-state index is 0.0511. The van der Waals surface area contributed by atoms with E-state index in [9.17, 15) is 14.7 Å². The van der Waals surface area contributed by atoms with Gasteiger partial charge < -0.3 is 51.9 Å². The van der Waals surface area contributed by atoms with Crippen molar-refractivity contribution in [3.63, 3.8) is 0 Å². The fraction of sp³-hybridized carbons (Fsp3) is 0.907. The van der Waals surface area contributed by atoms with Crippen LogP contribution in [0.1, 0.15) is 101 Å². The van der Waals surface area contributed by atoms with E-state index in [-0.39, 0.29) is 42.8 Å². The molecule has 1 fully saturated rings. The first-order chi connectivity index (χ1) is 27.0. The van der Waals surface area contributed by atoms with E-state index in [0.717, 1.165) is 24.6 Å². The van der Waals surface area contributed by atoms with Crippen LogP contribution in [0.3, 0.4) is 0 Å². The Bertz CT molecular complexity index is 1240. The van der Waals surface area contributed by atoms with Crippen LogP contribution >= 0.6 is 0 Å². The van der Waals surface area contributed by atoms with Gasteiger partial charge in [0.2, 0.25) is 5.79 Å². The molecule has 15 heteroatoms. The molecule has 0 aliphatic carbocycles. The standard InChI is InChI=1S/C43H84O13Si2/c1-19-31(28-54-57(17,18)41(6,7)8)23-30(5)34(44)24-32(48-12)27-37(45)42(9,10)43(52-16)39(56-58(20-2,21-3)22-4)36(50-14)26-33(55-43)25-35(49-13)38(40(46)51-15)53-29-47-11/h23,31-33,35-39,45H,19-22,24-29H2,1-18H3/b30-23-/t31-,32+,33+,35-,36-,37+,38+,39-,43+/m0/s1. The molecule has 0 aromatic rings. The molecule has 0 amide bonds. The van der Waals surface area contributed by atoms with Gasteiger partial charge in [0.15, 0.2) is 28.5 Å². The van der Waals surface area contributed by atoms with Crippen molar-refractivity contribution in [3.05, 3.63) is 11.6 Å². The van der Waals surface area contributed by atoms with Gasteiger partial charge in [0, 0.05) is 73.3 Å². The van der Waals surface area contributed by atoms with Crippen molar-refractivity contribution in [1.29, 1.82) is 0 Å². The SMILES string of the molecule is CC[C@@H](/C=C(/C)C(=O)C[C@H](C[C@@H](O)C(C)(C)[C@]1(OC)O[C@H](C[C@H](OC)[C@@H](OCOC)C(=O)OC)C[C@H](OC)[C@@H]1O[Si](CC)(CC)CC)OC)CO[Si](C)(C)C(C)(C)C. The van der Waals surface area contributed by atoms with Crippen molar-refractivity contribution in [2.45, 2.75) is 186 Å². The van der Waals surface area contributed by atoms with Crippen LogP contribution < -0.4 is 0 Å². The molecule has 1 N–H and O–H groups in total. The quantitative estimate of drug-likeness (QED) is 0.0353. The van der Waals surface area contributed by atoms with Gasteiger partial charge in [-0.25, -0.2) is 4.79 Å². The third kappa shape index (κ3) is 14.0. The number of ketones is 1. The first-order valence-corrected chi connectivity index (χ1v) is 26.7. The van der Waals surface area contributed by atoms with E-state index >= 15 is 0 Å².